The van der Waals surface area contributed by atoms with E-state index in [4.69, 9.17) is 0 Å². The lowest BCUT2D eigenvalue weighted by molar-refractivity contribution is -0.140. The average Bonchev–Trinajstić information content (AvgIpc) is 2.84. The molecule has 7 nitrogen and oxygen atoms in total. The van der Waals surface area contributed by atoms with Gasteiger partial charge in [0.1, 0.15) is 18.4 Å². The van der Waals surface area contributed by atoms with Crippen LogP contribution in [0, 0.1) is 12.7 Å². The molecule has 9 heteroatoms. The molecule has 1 N–H and O–H groups in total. The summed E-state index contributed by atoms with van der Waals surface area (Å²) in [6.07, 6.45) is 1.14. The zero-order valence-corrected chi connectivity index (χ0v) is 22.9. The molecule has 0 aromatic heterocycles. The maximum atomic E-state index is 14.6. The van der Waals surface area contributed by atoms with Crippen molar-refractivity contribution in [3.8, 4) is 0 Å². The fourth-order valence-corrected chi connectivity index (χ4v) is 5.04. The summed E-state index contributed by atoms with van der Waals surface area (Å²) < 4.78 is 40.8. The van der Waals surface area contributed by atoms with E-state index >= 15 is 0 Å². The van der Waals surface area contributed by atoms with Gasteiger partial charge in [-0.05, 0) is 44.0 Å². The van der Waals surface area contributed by atoms with Gasteiger partial charge in [0.2, 0.25) is 21.8 Å². The monoisotopic (exact) mass is 539 g/mol. The molecule has 0 saturated heterocycles. The lowest BCUT2D eigenvalue weighted by Crippen LogP contribution is -2.54. The summed E-state index contributed by atoms with van der Waals surface area (Å²) in [5.41, 5.74) is 2.37. The van der Waals surface area contributed by atoms with Crippen LogP contribution in [0.25, 0.3) is 0 Å². The van der Waals surface area contributed by atoms with Crippen LogP contribution in [0.5, 0.6) is 0 Å². The van der Waals surface area contributed by atoms with E-state index < -0.39 is 34.3 Å². The van der Waals surface area contributed by atoms with E-state index in [1.165, 1.54) is 23.1 Å². The molecular weight excluding hydrogens is 505 g/mol. The number of rotatable bonds is 11. The first-order valence-electron chi connectivity index (χ1n) is 12.4. The summed E-state index contributed by atoms with van der Waals surface area (Å²) in [5, 5.41) is 2.90. The van der Waals surface area contributed by atoms with Crippen molar-refractivity contribution in [2.75, 3.05) is 17.1 Å². The molecule has 3 rings (SSSR count). The molecule has 2 amide bonds. The van der Waals surface area contributed by atoms with E-state index in [1.807, 2.05) is 75.4 Å². The largest absolute Gasteiger partial charge is 0.352 e. The van der Waals surface area contributed by atoms with Crippen LogP contribution in [0.3, 0.4) is 0 Å². The fourth-order valence-electron chi connectivity index (χ4n) is 4.19. The molecule has 0 heterocycles. The van der Waals surface area contributed by atoms with Crippen molar-refractivity contribution in [1.29, 1.82) is 0 Å². The van der Waals surface area contributed by atoms with Gasteiger partial charge in [-0.3, -0.25) is 13.9 Å². The number of aryl methyl sites for hydroxylation is 1. The number of carbonyl (C=O) groups excluding carboxylic acids is 2. The predicted molar refractivity (Wildman–Crippen MR) is 148 cm³/mol. The SMILES string of the molecule is Cc1cccc(CN(C(=O)CN(c2ccccc2F)S(C)(=O)=O)[C@@H](Cc2ccccc2)C(=O)NC(C)C)c1. The van der Waals surface area contributed by atoms with Gasteiger partial charge in [0.05, 0.1) is 11.9 Å². The van der Waals surface area contributed by atoms with Gasteiger partial charge >= 0.3 is 0 Å². The molecule has 0 spiro atoms. The summed E-state index contributed by atoms with van der Waals surface area (Å²) in [7, 11) is -4.03. The van der Waals surface area contributed by atoms with E-state index in [-0.39, 0.29) is 30.6 Å². The van der Waals surface area contributed by atoms with Crippen LogP contribution in [0.15, 0.2) is 78.9 Å². The van der Waals surface area contributed by atoms with Crippen molar-refractivity contribution < 1.29 is 22.4 Å². The maximum Gasteiger partial charge on any atom is 0.244 e. The van der Waals surface area contributed by atoms with Crippen molar-refractivity contribution in [3.05, 3.63) is 101 Å². The molecule has 0 saturated carbocycles. The summed E-state index contributed by atoms with van der Waals surface area (Å²) in [6.45, 7) is 4.98. The minimum atomic E-state index is -4.03. The van der Waals surface area contributed by atoms with Crippen LogP contribution in [-0.2, 0) is 32.6 Å². The van der Waals surface area contributed by atoms with E-state index in [0.717, 1.165) is 33.3 Å². The first-order valence-corrected chi connectivity index (χ1v) is 14.2. The van der Waals surface area contributed by atoms with Gasteiger partial charge in [0.15, 0.2) is 0 Å². The Bertz CT molecular complexity index is 1360. The second-order valence-electron chi connectivity index (χ2n) is 9.60. The quantitative estimate of drug-likeness (QED) is 0.398. The maximum absolute atomic E-state index is 14.6. The van der Waals surface area contributed by atoms with Crippen molar-refractivity contribution in [2.45, 2.75) is 45.8 Å². The number of para-hydroxylation sites is 1. The van der Waals surface area contributed by atoms with Gasteiger partial charge in [0.25, 0.3) is 0 Å². The van der Waals surface area contributed by atoms with Crippen LogP contribution in [0.1, 0.15) is 30.5 Å². The molecule has 0 radical (unpaired) electrons. The molecule has 0 unspecified atom stereocenters. The van der Waals surface area contributed by atoms with Crippen molar-refractivity contribution in [1.82, 2.24) is 10.2 Å². The van der Waals surface area contributed by atoms with Crippen LogP contribution in [-0.4, -0.2) is 50.0 Å². The van der Waals surface area contributed by atoms with Gasteiger partial charge in [0, 0.05) is 19.0 Å². The highest BCUT2D eigenvalue weighted by atomic mass is 32.2. The Balaban J connectivity index is 2.07. The molecule has 0 aliphatic rings. The standard InChI is InChI=1S/C29H34FN3O4S/c1-21(2)31-29(35)27(18-23-12-6-5-7-13-23)32(19-24-14-10-11-22(3)17-24)28(34)20-33(38(4,36)37)26-16-9-8-15-25(26)30/h5-17,21,27H,18-20H2,1-4H3,(H,31,35)/t27-/m0/s1. The second kappa shape index (κ2) is 12.7. The topological polar surface area (TPSA) is 86.8 Å². The molecule has 0 fully saturated rings. The smallest absolute Gasteiger partial charge is 0.244 e. The Morgan fingerprint density at radius 3 is 2.16 bits per heavy atom. The minimum absolute atomic E-state index is 0.0679. The molecule has 202 valence electrons. The van der Waals surface area contributed by atoms with Crippen molar-refractivity contribution in [2.24, 2.45) is 0 Å². The third-order valence-electron chi connectivity index (χ3n) is 5.94. The van der Waals surface area contributed by atoms with Crippen LogP contribution in [0.2, 0.25) is 0 Å². The number of nitrogens with one attached hydrogen (secondary N) is 1. The predicted octanol–water partition coefficient (Wildman–Crippen LogP) is 4.06. The number of hydrogen-bond acceptors (Lipinski definition) is 4. The average molecular weight is 540 g/mol. The number of nitrogens with zero attached hydrogens (tertiary/aromatic N) is 2. The lowest BCUT2D eigenvalue weighted by atomic mass is 10.0. The Labute approximate surface area is 224 Å². The number of sulfonamides is 1. The zero-order valence-electron chi connectivity index (χ0n) is 22.1. The number of halogens is 1. The fraction of sp³-hybridized carbons (Fsp3) is 0.310. The van der Waals surface area contributed by atoms with Gasteiger partial charge < -0.3 is 10.2 Å². The molecule has 3 aromatic rings. The van der Waals surface area contributed by atoms with Crippen molar-refractivity contribution in [3.63, 3.8) is 0 Å². The van der Waals surface area contributed by atoms with Gasteiger partial charge in [-0.2, -0.15) is 0 Å². The number of anilines is 1. The summed E-state index contributed by atoms with van der Waals surface area (Å²) in [5.74, 6) is -1.75. The number of carbonyl (C=O) groups is 2. The van der Waals surface area contributed by atoms with Gasteiger partial charge in [-0.25, -0.2) is 12.8 Å². The third kappa shape index (κ3) is 7.89. The van der Waals surface area contributed by atoms with E-state index in [0.29, 0.717) is 0 Å². The van der Waals surface area contributed by atoms with E-state index in [2.05, 4.69) is 5.32 Å². The first kappa shape index (κ1) is 28.8. The van der Waals surface area contributed by atoms with Gasteiger partial charge in [-0.1, -0.05) is 72.3 Å². The highest BCUT2D eigenvalue weighted by molar-refractivity contribution is 7.92. The number of benzene rings is 3. The molecule has 0 aliphatic carbocycles. The Kier molecular flexibility index (Phi) is 9.63. The first-order chi connectivity index (χ1) is 18.0. The molecule has 1 atom stereocenters. The van der Waals surface area contributed by atoms with Crippen LogP contribution < -0.4 is 9.62 Å². The molecule has 0 bridgehead atoms. The van der Waals surface area contributed by atoms with Crippen LogP contribution in [0.4, 0.5) is 10.1 Å². The highest BCUT2D eigenvalue weighted by Gasteiger charge is 2.33. The molecule has 3 aromatic carbocycles. The summed E-state index contributed by atoms with van der Waals surface area (Å²) in [4.78, 5) is 28.8. The highest BCUT2D eigenvalue weighted by Crippen LogP contribution is 2.23. The lowest BCUT2D eigenvalue weighted by Gasteiger charge is -2.34. The van der Waals surface area contributed by atoms with Crippen LogP contribution >= 0.6 is 0 Å². The number of hydrogen-bond donors (Lipinski definition) is 1. The third-order valence-corrected chi connectivity index (χ3v) is 7.06. The van der Waals surface area contributed by atoms with Crippen molar-refractivity contribution >= 4 is 27.5 Å². The molecular formula is C29H34FN3O4S. The Hall–Kier alpha value is -3.72. The molecule has 0 aliphatic heterocycles. The van der Waals surface area contributed by atoms with E-state index in [1.54, 1.807) is 0 Å². The zero-order chi connectivity index (χ0) is 27.9. The molecule has 38 heavy (non-hydrogen) atoms. The number of amides is 2. The van der Waals surface area contributed by atoms with E-state index in [9.17, 15) is 22.4 Å². The summed E-state index contributed by atoms with van der Waals surface area (Å²) in [6, 6.07) is 21.1. The Morgan fingerprint density at radius 2 is 1.55 bits per heavy atom. The normalized spacial score (nSPS) is 12.2. The second-order valence-corrected chi connectivity index (χ2v) is 11.5. The Morgan fingerprint density at radius 1 is 0.921 bits per heavy atom. The summed E-state index contributed by atoms with van der Waals surface area (Å²) >= 11 is 0. The minimum Gasteiger partial charge on any atom is -0.352 e. The van der Waals surface area contributed by atoms with Gasteiger partial charge in [-0.15, -0.1) is 0 Å².